The molecule has 1 aromatic rings. The smallest absolute Gasteiger partial charge is 0.416 e. The van der Waals surface area contributed by atoms with Crippen molar-refractivity contribution in [2.45, 2.75) is 19.0 Å². The van der Waals surface area contributed by atoms with Crippen molar-refractivity contribution in [2.75, 3.05) is 19.1 Å². The molecule has 0 radical (unpaired) electrons. The summed E-state index contributed by atoms with van der Waals surface area (Å²) in [5, 5.41) is 0. The van der Waals surface area contributed by atoms with Crippen LogP contribution in [0.2, 0.25) is 0 Å². The van der Waals surface area contributed by atoms with E-state index in [2.05, 4.69) is 0 Å². The van der Waals surface area contributed by atoms with E-state index in [-0.39, 0.29) is 18.2 Å². The Morgan fingerprint density at radius 1 is 1.28 bits per heavy atom. The Hall–Kier alpha value is -1.43. The van der Waals surface area contributed by atoms with Crippen molar-refractivity contribution in [1.82, 2.24) is 0 Å². The maximum absolute atomic E-state index is 12.4. The fourth-order valence-electron chi connectivity index (χ4n) is 1.46. The van der Waals surface area contributed by atoms with Gasteiger partial charge in [0.1, 0.15) is 5.75 Å². The van der Waals surface area contributed by atoms with Gasteiger partial charge in [0.05, 0.1) is 17.9 Å². The lowest BCUT2D eigenvalue weighted by Gasteiger charge is -2.12. The maximum Gasteiger partial charge on any atom is 0.416 e. The number of hydrogen-bond donors (Lipinski definition) is 1. The molecule has 18 heavy (non-hydrogen) atoms. The monoisotopic (exact) mass is 261 g/mol. The average Bonchev–Trinajstić information content (AvgIpc) is 3.08. The minimum Gasteiger partial charge on any atom is -0.465 e. The van der Waals surface area contributed by atoms with Gasteiger partial charge in [-0.25, -0.2) is 0 Å². The molecule has 1 fully saturated rings. The number of nitrogen functional groups attached to an aromatic ring is 1. The van der Waals surface area contributed by atoms with Gasteiger partial charge in [-0.2, -0.15) is 13.2 Å². The summed E-state index contributed by atoms with van der Waals surface area (Å²) in [5.41, 5.74) is 4.66. The molecule has 0 heterocycles. The molecule has 0 aliphatic heterocycles. The zero-order chi connectivity index (χ0) is 13.2. The van der Waals surface area contributed by atoms with Crippen molar-refractivity contribution in [1.29, 1.82) is 0 Å². The van der Waals surface area contributed by atoms with Crippen LogP contribution in [0.3, 0.4) is 0 Å². The Morgan fingerprint density at radius 3 is 2.56 bits per heavy atom. The highest BCUT2D eigenvalue weighted by Gasteiger charge is 2.30. The molecular formula is C12H14F3NO2. The summed E-state index contributed by atoms with van der Waals surface area (Å²) in [5.74, 6) is 0.817. The SMILES string of the molecule is Nc1cc(C(F)(F)F)ccc1OCOCC1CC1. The Bertz CT molecular complexity index is 416. The highest BCUT2D eigenvalue weighted by atomic mass is 19.4. The average molecular weight is 261 g/mol. The molecule has 2 N–H and O–H groups in total. The molecular weight excluding hydrogens is 247 g/mol. The van der Waals surface area contributed by atoms with Crippen molar-refractivity contribution >= 4 is 5.69 Å². The molecule has 1 saturated carbocycles. The molecule has 6 heteroatoms. The number of benzene rings is 1. The number of alkyl halides is 3. The van der Waals surface area contributed by atoms with Crippen LogP contribution in [0.15, 0.2) is 18.2 Å². The second-order valence-electron chi connectivity index (χ2n) is 4.33. The lowest BCUT2D eigenvalue weighted by molar-refractivity contribution is -0.137. The van der Waals surface area contributed by atoms with Crippen LogP contribution in [-0.2, 0) is 10.9 Å². The summed E-state index contributed by atoms with van der Waals surface area (Å²) in [6.45, 7) is 0.632. The van der Waals surface area contributed by atoms with Gasteiger partial charge in [-0.1, -0.05) is 0 Å². The zero-order valence-corrected chi connectivity index (χ0v) is 9.67. The van der Waals surface area contributed by atoms with Gasteiger partial charge in [0.2, 0.25) is 0 Å². The van der Waals surface area contributed by atoms with E-state index in [0.717, 1.165) is 12.1 Å². The quantitative estimate of drug-likeness (QED) is 0.503. The molecule has 0 atom stereocenters. The lowest BCUT2D eigenvalue weighted by atomic mass is 10.2. The first-order valence-electron chi connectivity index (χ1n) is 5.64. The molecule has 3 nitrogen and oxygen atoms in total. The summed E-state index contributed by atoms with van der Waals surface area (Å²) in [4.78, 5) is 0. The van der Waals surface area contributed by atoms with Crippen LogP contribution in [0, 0.1) is 5.92 Å². The van der Waals surface area contributed by atoms with Crippen LogP contribution >= 0.6 is 0 Å². The molecule has 0 aromatic heterocycles. The number of nitrogens with two attached hydrogens (primary N) is 1. The third-order valence-electron chi connectivity index (χ3n) is 2.69. The first-order chi connectivity index (χ1) is 8.47. The third-order valence-corrected chi connectivity index (χ3v) is 2.69. The fraction of sp³-hybridized carbons (Fsp3) is 0.500. The molecule has 1 aliphatic carbocycles. The maximum atomic E-state index is 12.4. The van der Waals surface area contributed by atoms with Gasteiger partial charge >= 0.3 is 6.18 Å². The summed E-state index contributed by atoms with van der Waals surface area (Å²) in [6, 6.07) is 3.00. The first kappa shape index (κ1) is 13.0. The number of anilines is 1. The van der Waals surface area contributed by atoms with E-state index >= 15 is 0 Å². The Labute approximate surface area is 103 Å². The van der Waals surface area contributed by atoms with Crippen LogP contribution in [0.4, 0.5) is 18.9 Å². The van der Waals surface area contributed by atoms with Crippen molar-refractivity contribution in [3.8, 4) is 5.75 Å². The van der Waals surface area contributed by atoms with E-state index in [1.165, 1.54) is 18.9 Å². The van der Waals surface area contributed by atoms with Gasteiger partial charge in [-0.15, -0.1) is 0 Å². The van der Waals surface area contributed by atoms with E-state index in [9.17, 15) is 13.2 Å². The molecule has 0 spiro atoms. The predicted octanol–water partition coefficient (Wildman–Crippen LogP) is 3.05. The first-order valence-corrected chi connectivity index (χ1v) is 5.64. The van der Waals surface area contributed by atoms with Crippen molar-refractivity contribution in [2.24, 2.45) is 5.92 Å². The van der Waals surface area contributed by atoms with Gasteiger partial charge in [0.15, 0.2) is 6.79 Å². The number of halogens is 3. The van der Waals surface area contributed by atoms with Crippen LogP contribution in [0.5, 0.6) is 5.75 Å². The third kappa shape index (κ3) is 3.53. The fourth-order valence-corrected chi connectivity index (χ4v) is 1.46. The van der Waals surface area contributed by atoms with Gasteiger partial charge < -0.3 is 15.2 Å². The molecule has 100 valence electrons. The van der Waals surface area contributed by atoms with E-state index in [1.807, 2.05) is 0 Å². The van der Waals surface area contributed by atoms with Crippen molar-refractivity contribution in [3.63, 3.8) is 0 Å². The molecule has 1 aromatic carbocycles. The second-order valence-corrected chi connectivity index (χ2v) is 4.33. The highest BCUT2D eigenvalue weighted by molar-refractivity contribution is 5.54. The minimum atomic E-state index is -4.39. The van der Waals surface area contributed by atoms with E-state index in [0.29, 0.717) is 12.5 Å². The Balaban J connectivity index is 1.88. The standard InChI is InChI=1S/C12H14F3NO2/c13-12(14,15)9-3-4-11(10(16)5-9)18-7-17-6-8-1-2-8/h3-5,8H,1-2,6-7,16H2. The summed E-state index contributed by atoms with van der Waals surface area (Å²) in [7, 11) is 0. The number of rotatable bonds is 5. The molecule has 0 unspecified atom stereocenters. The van der Waals surface area contributed by atoms with Crippen LogP contribution < -0.4 is 10.5 Å². The van der Waals surface area contributed by atoms with E-state index in [1.54, 1.807) is 0 Å². The number of ether oxygens (including phenoxy) is 2. The predicted molar refractivity (Wildman–Crippen MR) is 60.0 cm³/mol. The van der Waals surface area contributed by atoms with E-state index < -0.39 is 11.7 Å². The van der Waals surface area contributed by atoms with Gasteiger partial charge in [0, 0.05) is 0 Å². The van der Waals surface area contributed by atoms with Gasteiger partial charge in [-0.05, 0) is 37.0 Å². The number of hydrogen-bond acceptors (Lipinski definition) is 3. The highest BCUT2D eigenvalue weighted by Crippen LogP contribution is 2.33. The van der Waals surface area contributed by atoms with Gasteiger partial charge in [0.25, 0.3) is 0 Å². The summed E-state index contributed by atoms with van der Waals surface area (Å²) < 4.78 is 47.5. The molecule has 2 rings (SSSR count). The Kier molecular flexibility index (Phi) is 3.65. The topological polar surface area (TPSA) is 44.5 Å². The summed E-state index contributed by atoms with van der Waals surface area (Å²) >= 11 is 0. The zero-order valence-electron chi connectivity index (χ0n) is 9.67. The molecule has 0 bridgehead atoms. The molecule has 0 saturated heterocycles. The van der Waals surface area contributed by atoms with Crippen molar-refractivity contribution in [3.05, 3.63) is 23.8 Å². The van der Waals surface area contributed by atoms with Crippen LogP contribution in [0.25, 0.3) is 0 Å². The van der Waals surface area contributed by atoms with Crippen LogP contribution in [0.1, 0.15) is 18.4 Å². The lowest BCUT2D eigenvalue weighted by Crippen LogP contribution is -2.09. The molecule has 1 aliphatic rings. The normalized spacial score (nSPS) is 15.7. The van der Waals surface area contributed by atoms with Crippen molar-refractivity contribution < 1.29 is 22.6 Å². The largest absolute Gasteiger partial charge is 0.465 e. The Morgan fingerprint density at radius 2 is 2.00 bits per heavy atom. The minimum absolute atomic E-state index is 0.00602. The van der Waals surface area contributed by atoms with Crippen LogP contribution in [-0.4, -0.2) is 13.4 Å². The summed E-state index contributed by atoms with van der Waals surface area (Å²) in [6.07, 6.45) is -2.06. The van der Waals surface area contributed by atoms with E-state index in [4.69, 9.17) is 15.2 Å². The van der Waals surface area contributed by atoms with Gasteiger partial charge in [-0.3, -0.25) is 0 Å². The molecule has 0 amide bonds. The second kappa shape index (κ2) is 5.06.